The van der Waals surface area contributed by atoms with Gasteiger partial charge in [-0.2, -0.15) is 0 Å². The van der Waals surface area contributed by atoms with Gasteiger partial charge >= 0.3 is 6.03 Å². The maximum atomic E-state index is 12.5. The van der Waals surface area contributed by atoms with Gasteiger partial charge in [-0.1, -0.05) is 12.1 Å². The lowest BCUT2D eigenvalue weighted by atomic mass is 10.1. The van der Waals surface area contributed by atoms with E-state index in [1.165, 1.54) is 16.1 Å². The lowest BCUT2D eigenvalue weighted by Crippen LogP contribution is -2.43. The fraction of sp³-hybridized carbons (Fsp3) is 0.588. The summed E-state index contributed by atoms with van der Waals surface area (Å²) in [5.41, 5.74) is 1.17. The molecule has 1 aliphatic heterocycles. The normalized spacial score (nSPS) is 24.5. The molecule has 1 heterocycles. The van der Waals surface area contributed by atoms with Crippen LogP contribution in [-0.4, -0.2) is 69.2 Å². The molecule has 1 aromatic carbocycles. The molecule has 1 saturated carbocycles. The summed E-state index contributed by atoms with van der Waals surface area (Å²) >= 11 is 0. The zero-order valence-electron chi connectivity index (χ0n) is 14.6. The highest BCUT2D eigenvalue weighted by molar-refractivity contribution is 7.88. The molecule has 1 N–H and O–H groups in total. The van der Waals surface area contributed by atoms with Crippen LogP contribution in [0.2, 0.25) is 0 Å². The summed E-state index contributed by atoms with van der Waals surface area (Å²) in [4.78, 5) is 14.2. The van der Waals surface area contributed by atoms with Crippen molar-refractivity contribution in [2.45, 2.75) is 24.8 Å². The summed E-state index contributed by atoms with van der Waals surface area (Å²) < 4.78 is 30.0. The van der Waals surface area contributed by atoms with E-state index < -0.39 is 10.0 Å². The number of methoxy groups -OCH3 is 1. The van der Waals surface area contributed by atoms with Gasteiger partial charge in [0.2, 0.25) is 10.0 Å². The van der Waals surface area contributed by atoms with Gasteiger partial charge in [-0.15, -0.1) is 0 Å². The van der Waals surface area contributed by atoms with Gasteiger partial charge in [0.25, 0.3) is 0 Å². The Morgan fingerprint density at radius 1 is 1.24 bits per heavy atom. The maximum absolute atomic E-state index is 12.5. The van der Waals surface area contributed by atoms with Gasteiger partial charge < -0.3 is 15.0 Å². The van der Waals surface area contributed by atoms with Crippen LogP contribution in [0.5, 0.6) is 5.75 Å². The van der Waals surface area contributed by atoms with E-state index in [0.717, 1.165) is 12.2 Å². The van der Waals surface area contributed by atoms with Gasteiger partial charge in [0, 0.05) is 38.1 Å². The first-order chi connectivity index (χ1) is 11.9. The average Bonchev–Trinajstić information content (AvgIpc) is 3.36. The Balaban J connectivity index is 1.53. The molecule has 8 heteroatoms. The number of urea groups is 1. The Labute approximate surface area is 149 Å². The number of amides is 2. The van der Waals surface area contributed by atoms with Gasteiger partial charge in [0.05, 0.1) is 13.4 Å². The number of sulfonamides is 1. The van der Waals surface area contributed by atoms with E-state index in [1.807, 2.05) is 18.2 Å². The Bertz CT molecular complexity index is 737. The van der Waals surface area contributed by atoms with Gasteiger partial charge in [0.15, 0.2) is 0 Å². The number of carbonyl (C=O) groups is 1. The van der Waals surface area contributed by atoms with E-state index in [1.54, 1.807) is 12.0 Å². The number of rotatable bonds is 4. The van der Waals surface area contributed by atoms with Gasteiger partial charge in [-0.3, -0.25) is 0 Å². The van der Waals surface area contributed by atoms with E-state index in [9.17, 15) is 13.2 Å². The first kappa shape index (κ1) is 18.0. The van der Waals surface area contributed by atoms with Crippen molar-refractivity contribution in [3.63, 3.8) is 0 Å². The topological polar surface area (TPSA) is 79.0 Å². The van der Waals surface area contributed by atoms with Gasteiger partial charge in [-0.05, 0) is 30.5 Å². The zero-order valence-corrected chi connectivity index (χ0v) is 15.5. The lowest BCUT2D eigenvalue weighted by Gasteiger charge is -2.21. The number of hydrogen-bond donors (Lipinski definition) is 1. The number of nitrogens with one attached hydrogen (secondary N) is 1. The van der Waals surface area contributed by atoms with Crippen molar-refractivity contribution in [3.05, 3.63) is 29.8 Å². The molecule has 0 bridgehead atoms. The maximum Gasteiger partial charge on any atom is 0.317 e. The molecule has 7 nitrogen and oxygen atoms in total. The fourth-order valence-corrected chi connectivity index (χ4v) is 4.15. The molecule has 2 aliphatic rings. The minimum Gasteiger partial charge on any atom is -0.497 e. The molecule has 2 fully saturated rings. The average molecular weight is 367 g/mol. The summed E-state index contributed by atoms with van der Waals surface area (Å²) in [5.74, 6) is 1.14. The van der Waals surface area contributed by atoms with E-state index in [0.29, 0.717) is 38.5 Å². The molecule has 2 atom stereocenters. The monoisotopic (exact) mass is 367 g/mol. The van der Waals surface area contributed by atoms with Crippen molar-refractivity contribution in [2.75, 3.05) is 39.5 Å². The van der Waals surface area contributed by atoms with Crippen LogP contribution in [0.1, 0.15) is 24.3 Å². The third-order valence-corrected chi connectivity index (χ3v) is 6.14. The summed E-state index contributed by atoms with van der Waals surface area (Å²) in [6.07, 6.45) is 2.79. The quantitative estimate of drug-likeness (QED) is 0.868. The Morgan fingerprint density at radius 2 is 2.04 bits per heavy atom. The van der Waals surface area contributed by atoms with Crippen molar-refractivity contribution < 1.29 is 17.9 Å². The van der Waals surface area contributed by atoms with Crippen LogP contribution in [0.4, 0.5) is 4.79 Å². The van der Waals surface area contributed by atoms with Crippen molar-refractivity contribution in [3.8, 4) is 5.75 Å². The number of carbonyl (C=O) groups excluding carboxylic acids is 1. The van der Waals surface area contributed by atoms with E-state index in [-0.39, 0.29) is 12.1 Å². The van der Waals surface area contributed by atoms with Crippen molar-refractivity contribution >= 4 is 16.1 Å². The van der Waals surface area contributed by atoms with E-state index in [2.05, 4.69) is 11.4 Å². The standard InChI is InChI=1S/C17H25N3O4S/c1-24-14-6-3-5-13(11-14)15-12-16(15)18-17(21)19-7-4-8-20(10-9-19)25(2,22)23/h3,5-6,11,15-16H,4,7-10,12H2,1-2H3,(H,18,21)/t15-,16+/m0/s1. The van der Waals surface area contributed by atoms with E-state index in [4.69, 9.17) is 4.74 Å². The molecule has 25 heavy (non-hydrogen) atoms. The second-order valence-corrected chi connectivity index (χ2v) is 8.66. The molecule has 0 unspecified atom stereocenters. The van der Waals surface area contributed by atoms with Crippen LogP contribution in [-0.2, 0) is 10.0 Å². The Hall–Kier alpha value is -1.80. The molecule has 0 aromatic heterocycles. The molecule has 1 aromatic rings. The van der Waals surface area contributed by atoms with Gasteiger partial charge in [0.1, 0.15) is 5.75 Å². The van der Waals surface area contributed by atoms with Crippen LogP contribution >= 0.6 is 0 Å². The first-order valence-corrected chi connectivity index (χ1v) is 10.4. The highest BCUT2D eigenvalue weighted by atomic mass is 32.2. The van der Waals surface area contributed by atoms with Crippen LogP contribution < -0.4 is 10.1 Å². The highest BCUT2D eigenvalue weighted by Crippen LogP contribution is 2.41. The number of ether oxygens (including phenoxy) is 1. The largest absolute Gasteiger partial charge is 0.497 e. The summed E-state index contributed by atoms with van der Waals surface area (Å²) in [6, 6.07) is 7.95. The smallest absolute Gasteiger partial charge is 0.317 e. The second kappa shape index (κ2) is 7.21. The molecular formula is C17H25N3O4S. The van der Waals surface area contributed by atoms with Crippen molar-refractivity contribution in [2.24, 2.45) is 0 Å². The third kappa shape index (κ3) is 4.43. The molecular weight excluding hydrogens is 342 g/mol. The molecule has 0 radical (unpaired) electrons. The third-order valence-electron chi connectivity index (χ3n) is 4.83. The minimum atomic E-state index is -3.20. The summed E-state index contributed by atoms with van der Waals surface area (Å²) in [5, 5.41) is 3.07. The molecule has 138 valence electrons. The van der Waals surface area contributed by atoms with Crippen LogP contribution in [0.25, 0.3) is 0 Å². The lowest BCUT2D eigenvalue weighted by molar-refractivity contribution is 0.199. The number of nitrogens with zero attached hydrogens (tertiary/aromatic N) is 2. The predicted molar refractivity (Wildman–Crippen MR) is 95.3 cm³/mol. The Morgan fingerprint density at radius 3 is 2.76 bits per heavy atom. The fourth-order valence-electron chi connectivity index (χ4n) is 3.27. The summed E-state index contributed by atoms with van der Waals surface area (Å²) in [7, 11) is -1.55. The minimum absolute atomic E-state index is 0.106. The molecule has 3 rings (SSSR count). The zero-order chi connectivity index (χ0) is 18.0. The first-order valence-electron chi connectivity index (χ1n) is 8.53. The predicted octanol–water partition coefficient (Wildman–Crippen LogP) is 1.23. The molecule has 2 amide bonds. The van der Waals surface area contributed by atoms with E-state index >= 15 is 0 Å². The second-order valence-electron chi connectivity index (χ2n) is 6.68. The molecule has 1 aliphatic carbocycles. The van der Waals surface area contributed by atoms with Crippen molar-refractivity contribution in [1.29, 1.82) is 0 Å². The SMILES string of the molecule is COc1cccc([C@@H]2C[C@H]2NC(=O)N2CCCN(S(C)(=O)=O)CC2)c1. The van der Waals surface area contributed by atoms with Crippen LogP contribution in [0.3, 0.4) is 0 Å². The molecule has 1 saturated heterocycles. The molecule has 0 spiro atoms. The van der Waals surface area contributed by atoms with Gasteiger partial charge in [-0.25, -0.2) is 17.5 Å². The van der Waals surface area contributed by atoms with Crippen LogP contribution in [0.15, 0.2) is 24.3 Å². The highest BCUT2D eigenvalue weighted by Gasteiger charge is 2.40. The number of benzene rings is 1. The van der Waals surface area contributed by atoms with Crippen LogP contribution in [0, 0.1) is 0 Å². The number of hydrogen-bond acceptors (Lipinski definition) is 4. The van der Waals surface area contributed by atoms with Crippen molar-refractivity contribution in [1.82, 2.24) is 14.5 Å². The summed E-state index contributed by atoms with van der Waals surface area (Å²) in [6.45, 7) is 1.83. The Kier molecular flexibility index (Phi) is 5.19.